The predicted octanol–water partition coefficient (Wildman–Crippen LogP) is 1.23. The molecule has 5 heteroatoms. The Balaban J connectivity index is 4.34. The molecule has 0 aliphatic carbocycles. The number of carbonyl (C=O) groups excluding carboxylic acids is 1. The third-order valence-electron chi connectivity index (χ3n) is 1.14. The number of primary amides is 1. The molecule has 2 nitrogen and oxygen atoms in total. The van der Waals surface area contributed by atoms with E-state index in [-0.39, 0.29) is 0 Å². The molecule has 64 valence electrons. The van der Waals surface area contributed by atoms with Gasteiger partial charge in [-0.1, -0.05) is 6.08 Å². The molecule has 0 bridgehead atoms. The lowest BCUT2D eigenvalue weighted by Gasteiger charge is -2.14. The predicted molar refractivity (Wildman–Crippen MR) is 33.6 cm³/mol. The molecule has 0 radical (unpaired) electrons. The zero-order valence-corrected chi connectivity index (χ0v) is 5.69. The average Bonchev–Trinajstić information content (AvgIpc) is 1.79. The Morgan fingerprint density at radius 3 is 2.18 bits per heavy atom. The van der Waals surface area contributed by atoms with Crippen LogP contribution in [0.15, 0.2) is 12.7 Å². The number of hydrogen-bond acceptors (Lipinski definition) is 1. The van der Waals surface area contributed by atoms with Crippen molar-refractivity contribution in [1.29, 1.82) is 0 Å². The van der Waals surface area contributed by atoms with E-state index in [0.29, 0.717) is 0 Å². The van der Waals surface area contributed by atoms with E-state index >= 15 is 0 Å². The van der Waals surface area contributed by atoms with Gasteiger partial charge in [-0.2, -0.15) is 13.2 Å². The summed E-state index contributed by atoms with van der Waals surface area (Å²) in [6, 6.07) is 0. The van der Waals surface area contributed by atoms with Crippen LogP contribution in [0.2, 0.25) is 0 Å². The van der Waals surface area contributed by atoms with E-state index in [0.717, 1.165) is 6.08 Å². The number of nitrogens with two attached hydrogens (primary N) is 1. The quantitative estimate of drug-likeness (QED) is 0.631. The highest BCUT2D eigenvalue weighted by Crippen LogP contribution is 2.28. The van der Waals surface area contributed by atoms with Gasteiger partial charge in [-0.3, -0.25) is 4.79 Å². The second-order valence-electron chi connectivity index (χ2n) is 2.02. The van der Waals surface area contributed by atoms with Crippen LogP contribution < -0.4 is 5.73 Å². The van der Waals surface area contributed by atoms with Gasteiger partial charge in [-0.05, 0) is 6.42 Å². The summed E-state index contributed by atoms with van der Waals surface area (Å²) in [5.41, 5.74) is 4.50. The number of hydrogen-bond donors (Lipinski definition) is 1. The Labute approximate surface area is 61.9 Å². The highest BCUT2D eigenvalue weighted by Gasteiger charge is 2.42. The smallest absolute Gasteiger partial charge is 0.369 e. The van der Waals surface area contributed by atoms with Gasteiger partial charge in [0.05, 0.1) is 0 Å². The summed E-state index contributed by atoms with van der Waals surface area (Å²) in [6.45, 7) is 3.09. The van der Waals surface area contributed by atoms with Crippen LogP contribution in [0.3, 0.4) is 0 Å². The van der Waals surface area contributed by atoms with Crippen LogP contribution in [0.4, 0.5) is 13.2 Å². The second-order valence-corrected chi connectivity index (χ2v) is 2.02. The SMILES string of the molecule is C=CCC(C(N)=O)C(F)(F)F. The van der Waals surface area contributed by atoms with Crippen LogP contribution in [0.25, 0.3) is 0 Å². The van der Waals surface area contributed by atoms with Gasteiger partial charge in [0, 0.05) is 0 Å². The number of carbonyl (C=O) groups is 1. The van der Waals surface area contributed by atoms with Gasteiger partial charge in [0.1, 0.15) is 5.92 Å². The van der Waals surface area contributed by atoms with Gasteiger partial charge >= 0.3 is 6.18 Å². The van der Waals surface area contributed by atoms with Crippen molar-refractivity contribution in [3.8, 4) is 0 Å². The fraction of sp³-hybridized carbons (Fsp3) is 0.500. The van der Waals surface area contributed by atoms with Gasteiger partial charge in [-0.15, -0.1) is 6.58 Å². The normalized spacial score (nSPS) is 14.1. The van der Waals surface area contributed by atoms with Crippen molar-refractivity contribution in [3.63, 3.8) is 0 Å². The minimum absolute atomic E-state index is 0.459. The third kappa shape index (κ3) is 3.06. The molecular weight excluding hydrogens is 159 g/mol. The fourth-order valence-electron chi connectivity index (χ4n) is 0.578. The van der Waals surface area contributed by atoms with Crippen LogP contribution in [-0.4, -0.2) is 12.1 Å². The van der Waals surface area contributed by atoms with Crippen molar-refractivity contribution >= 4 is 5.91 Å². The van der Waals surface area contributed by atoms with Crippen molar-refractivity contribution in [2.75, 3.05) is 0 Å². The molecule has 0 heterocycles. The van der Waals surface area contributed by atoms with Crippen LogP contribution in [0, 0.1) is 5.92 Å². The lowest BCUT2D eigenvalue weighted by Crippen LogP contribution is -2.35. The maximum Gasteiger partial charge on any atom is 0.400 e. The molecule has 0 fully saturated rings. The molecule has 0 aliphatic heterocycles. The van der Waals surface area contributed by atoms with E-state index < -0.39 is 24.4 Å². The van der Waals surface area contributed by atoms with Crippen LogP contribution >= 0.6 is 0 Å². The molecule has 1 atom stereocenters. The summed E-state index contributed by atoms with van der Waals surface area (Å²) in [7, 11) is 0. The van der Waals surface area contributed by atoms with Crippen LogP contribution in [0.5, 0.6) is 0 Å². The zero-order valence-electron chi connectivity index (χ0n) is 5.69. The Morgan fingerprint density at radius 2 is 2.09 bits per heavy atom. The molecule has 0 saturated carbocycles. The van der Waals surface area contributed by atoms with Crippen molar-refractivity contribution in [3.05, 3.63) is 12.7 Å². The molecule has 0 saturated heterocycles. The maximum atomic E-state index is 11.8. The van der Waals surface area contributed by atoms with Gasteiger partial charge < -0.3 is 5.73 Å². The second kappa shape index (κ2) is 3.41. The minimum atomic E-state index is -4.56. The standard InChI is InChI=1S/C6H8F3NO/c1-2-3-4(5(10)11)6(7,8)9/h2,4H,1,3H2,(H2,10,11). The lowest BCUT2D eigenvalue weighted by molar-refractivity contribution is -0.180. The van der Waals surface area contributed by atoms with Crippen molar-refractivity contribution in [2.45, 2.75) is 12.6 Å². The van der Waals surface area contributed by atoms with E-state index in [2.05, 4.69) is 12.3 Å². The molecule has 1 unspecified atom stereocenters. The highest BCUT2D eigenvalue weighted by molar-refractivity contribution is 5.77. The summed E-state index contributed by atoms with van der Waals surface area (Å²) in [5, 5.41) is 0. The third-order valence-corrected chi connectivity index (χ3v) is 1.14. The maximum absolute atomic E-state index is 11.8. The van der Waals surface area contributed by atoms with Gasteiger partial charge in [-0.25, -0.2) is 0 Å². The van der Waals surface area contributed by atoms with E-state index in [9.17, 15) is 18.0 Å². The summed E-state index contributed by atoms with van der Waals surface area (Å²) in [6.07, 6.45) is -4.00. The molecule has 0 spiro atoms. The molecule has 0 aromatic rings. The minimum Gasteiger partial charge on any atom is -0.369 e. The first-order valence-electron chi connectivity index (χ1n) is 2.86. The van der Waals surface area contributed by atoms with Gasteiger partial charge in [0.25, 0.3) is 0 Å². The van der Waals surface area contributed by atoms with Crippen molar-refractivity contribution in [1.82, 2.24) is 0 Å². The molecule has 0 aromatic heterocycles. The Bertz CT molecular complexity index is 164. The Hall–Kier alpha value is -1.00. The molecule has 11 heavy (non-hydrogen) atoms. The zero-order chi connectivity index (χ0) is 9.07. The monoisotopic (exact) mass is 167 g/mol. The average molecular weight is 167 g/mol. The number of rotatable bonds is 3. The highest BCUT2D eigenvalue weighted by atomic mass is 19.4. The first kappa shape index (κ1) is 10.0. The summed E-state index contributed by atoms with van der Waals surface area (Å²) in [4.78, 5) is 10.2. The summed E-state index contributed by atoms with van der Waals surface area (Å²) >= 11 is 0. The molecule has 2 N–H and O–H groups in total. The fourth-order valence-corrected chi connectivity index (χ4v) is 0.578. The van der Waals surface area contributed by atoms with E-state index in [1.807, 2.05) is 0 Å². The van der Waals surface area contributed by atoms with Crippen LogP contribution in [0.1, 0.15) is 6.42 Å². The first-order chi connectivity index (χ1) is 4.89. The number of halogens is 3. The number of amides is 1. The first-order valence-corrected chi connectivity index (χ1v) is 2.86. The molecular formula is C6H8F3NO. The molecule has 1 amide bonds. The van der Waals surface area contributed by atoms with Gasteiger partial charge in [0.2, 0.25) is 5.91 Å². The Morgan fingerprint density at radius 1 is 1.64 bits per heavy atom. The number of allylic oxidation sites excluding steroid dienone is 1. The summed E-state index contributed by atoms with van der Waals surface area (Å²) in [5.74, 6) is -3.46. The van der Waals surface area contributed by atoms with E-state index in [1.54, 1.807) is 0 Å². The van der Waals surface area contributed by atoms with Crippen molar-refractivity contribution < 1.29 is 18.0 Å². The lowest BCUT2D eigenvalue weighted by atomic mass is 10.1. The van der Waals surface area contributed by atoms with Gasteiger partial charge in [0.15, 0.2) is 0 Å². The molecule has 0 rings (SSSR count). The Kier molecular flexibility index (Phi) is 3.10. The molecule has 0 aromatic carbocycles. The van der Waals surface area contributed by atoms with Crippen molar-refractivity contribution in [2.24, 2.45) is 11.7 Å². The van der Waals surface area contributed by atoms with E-state index in [4.69, 9.17) is 0 Å². The van der Waals surface area contributed by atoms with Crippen LogP contribution in [-0.2, 0) is 4.79 Å². The summed E-state index contributed by atoms with van der Waals surface area (Å²) < 4.78 is 35.4. The number of alkyl halides is 3. The largest absolute Gasteiger partial charge is 0.400 e. The topological polar surface area (TPSA) is 43.1 Å². The molecule has 0 aliphatic rings. The van der Waals surface area contributed by atoms with E-state index in [1.165, 1.54) is 0 Å².